The number of carboxylic acids is 1. The van der Waals surface area contributed by atoms with Crippen molar-refractivity contribution in [1.82, 2.24) is 4.98 Å². The molecule has 2 rings (SSSR count). The summed E-state index contributed by atoms with van der Waals surface area (Å²) in [6.45, 7) is 1.78. The third-order valence-electron chi connectivity index (χ3n) is 2.36. The number of hydrogen-bond acceptors (Lipinski definition) is 3. The van der Waals surface area contributed by atoms with Crippen molar-refractivity contribution in [3.8, 4) is 11.6 Å². The lowest BCUT2D eigenvalue weighted by Gasteiger charge is -2.07. The van der Waals surface area contributed by atoms with Crippen LogP contribution in [0.15, 0.2) is 30.5 Å². The second-order valence-corrected chi connectivity index (χ2v) is 4.25. The van der Waals surface area contributed by atoms with E-state index in [1.165, 1.54) is 12.1 Å². The van der Waals surface area contributed by atoms with Crippen molar-refractivity contribution >= 4 is 17.6 Å². The average Bonchev–Trinajstić information content (AvgIpc) is 2.36. The Morgan fingerprint density at radius 2 is 2.16 bits per heavy atom. The van der Waals surface area contributed by atoms with Crippen LogP contribution in [0.1, 0.15) is 15.9 Å². The van der Waals surface area contributed by atoms with Gasteiger partial charge in [-0.1, -0.05) is 17.7 Å². The number of carbonyl (C=O) groups is 1. The van der Waals surface area contributed by atoms with E-state index in [-0.39, 0.29) is 22.2 Å². The zero-order valence-corrected chi connectivity index (χ0v) is 10.6. The summed E-state index contributed by atoms with van der Waals surface area (Å²) in [6, 6.07) is 5.50. The van der Waals surface area contributed by atoms with Gasteiger partial charge in [-0.15, -0.1) is 0 Å². The molecule has 2 aromatic rings. The summed E-state index contributed by atoms with van der Waals surface area (Å²) in [5.74, 6) is -1.82. The molecule has 0 aliphatic carbocycles. The second kappa shape index (κ2) is 5.24. The van der Waals surface area contributed by atoms with Crippen LogP contribution in [0.2, 0.25) is 5.02 Å². The highest BCUT2D eigenvalue weighted by Crippen LogP contribution is 2.26. The molecule has 1 heterocycles. The fourth-order valence-corrected chi connectivity index (χ4v) is 1.62. The lowest BCUT2D eigenvalue weighted by molar-refractivity contribution is 0.0696. The van der Waals surface area contributed by atoms with Crippen molar-refractivity contribution in [3.63, 3.8) is 0 Å². The van der Waals surface area contributed by atoms with Gasteiger partial charge in [-0.05, 0) is 24.6 Å². The molecule has 0 unspecified atom stereocenters. The SMILES string of the molecule is Cc1ccc(F)c(Oc2cc(C(=O)O)c(Cl)cn2)c1. The summed E-state index contributed by atoms with van der Waals surface area (Å²) >= 11 is 5.68. The number of carboxylic acid groups (broad SMARTS) is 1. The Balaban J connectivity index is 2.36. The van der Waals surface area contributed by atoms with Crippen LogP contribution < -0.4 is 4.74 Å². The van der Waals surface area contributed by atoms with E-state index >= 15 is 0 Å². The highest BCUT2D eigenvalue weighted by atomic mass is 35.5. The zero-order valence-electron chi connectivity index (χ0n) is 9.85. The lowest BCUT2D eigenvalue weighted by atomic mass is 10.2. The molecule has 19 heavy (non-hydrogen) atoms. The molecule has 98 valence electrons. The smallest absolute Gasteiger partial charge is 0.337 e. The van der Waals surface area contributed by atoms with Gasteiger partial charge in [-0.2, -0.15) is 0 Å². The fourth-order valence-electron chi connectivity index (χ4n) is 1.44. The first kappa shape index (κ1) is 13.3. The molecule has 0 atom stereocenters. The highest BCUT2D eigenvalue weighted by molar-refractivity contribution is 6.33. The van der Waals surface area contributed by atoms with Gasteiger partial charge >= 0.3 is 5.97 Å². The largest absolute Gasteiger partial charge is 0.478 e. The van der Waals surface area contributed by atoms with Crippen molar-refractivity contribution < 1.29 is 19.0 Å². The van der Waals surface area contributed by atoms with Gasteiger partial charge in [-0.25, -0.2) is 14.2 Å². The van der Waals surface area contributed by atoms with Gasteiger partial charge in [0.05, 0.1) is 16.8 Å². The number of aryl methyl sites for hydroxylation is 1. The Kier molecular flexibility index (Phi) is 3.66. The molecule has 4 nitrogen and oxygen atoms in total. The van der Waals surface area contributed by atoms with Crippen LogP contribution in [0.25, 0.3) is 0 Å². The summed E-state index contributed by atoms with van der Waals surface area (Å²) in [5, 5.41) is 8.90. The molecule has 0 saturated carbocycles. The molecule has 1 aromatic carbocycles. The summed E-state index contributed by atoms with van der Waals surface area (Å²) < 4.78 is 18.7. The monoisotopic (exact) mass is 281 g/mol. The number of aromatic carboxylic acids is 1. The van der Waals surface area contributed by atoms with Crippen molar-refractivity contribution in [2.75, 3.05) is 0 Å². The van der Waals surface area contributed by atoms with Gasteiger partial charge in [-0.3, -0.25) is 0 Å². The van der Waals surface area contributed by atoms with E-state index in [9.17, 15) is 9.18 Å². The van der Waals surface area contributed by atoms with E-state index in [1.807, 2.05) is 0 Å². The minimum atomic E-state index is -1.21. The molecule has 0 amide bonds. The minimum absolute atomic E-state index is 0.00966. The Labute approximate surface area is 113 Å². The van der Waals surface area contributed by atoms with Crippen LogP contribution in [0.3, 0.4) is 0 Å². The average molecular weight is 282 g/mol. The molecule has 0 radical (unpaired) electrons. The first-order valence-corrected chi connectivity index (χ1v) is 5.68. The summed E-state index contributed by atoms with van der Waals surface area (Å²) in [7, 11) is 0. The summed E-state index contributed by atoms with van der Waals surface area (Å²) in [4.78, 5) is 14.7. The number of aromatic nitrogens is 1. The normalized spacial score (nSPS) is 10.3. The van der Waals surface area contributed by atoms with Gasteiger partial charge in [0.1, 0.15) is 0 Å². The van der Waals surface area contributed by atoms with Gasteiger partial charge in [0, 0.05) is 6.07 Å². The quantitative estimate of drug-likeness (QED) is 0.932. The predicted molar refractivity (Wildman–Crippen MR) is 67.4 cm³/mol. The van der Waals surface area contributed by atoms with E-state index in [2.05, 4.69) is 4.98 Å². The number of benzene rings is 1. The molecule has 6 heteroatoms. The maximum atomic E-state index is 13.5. The van der Waals surface area contributed by atoms with Crippen LogP contribution >= 0.6 is 11.6 Å². The Bertz CT molecular complexity index is 646. The van der Waals surface area contributed by atoms with Crippen LogP contribution in [0.5, 0.6) is 11.6 Å². The van der Waals surface area contributed by atoms with Crippen molar-refractivity contribution in [1.29, 1.82) is 0 Å². The molecular weight excluding hydrogens is 273 g/mol. The topological polar surface area (TPSA) is 59.4 Å². The molecule has 0 aliphatic heterocycles. The lowest BCUT2D eigenvalue weighted by Crippen LogP contribution is -2.00. The van der Waals surface area contributed by atoms with Crippen molar-refractivity contribution in [3.05, 3.63) is 52.4 Å². The van der Waals surface area contributed by atoms with E-state index in [4.69, 9.17) is 21.4 Å². The number of rotatable bonds is 3. The number of pyridine rings is 1. The zero-order chi connectivity index (χ0) is 14.0. The van der Waals surface area contributed by atoms with Gasteiger partial charge in [0.2, 0.25) is 5.88 Å². The maximum absolute atomic E-state index is 13.5. The van der Waals surface area contributed by atoms with Gasteiger partial charge in [0.15, 0.2) is 11.6 Å². The standard InChI is InChI=1S/C13H9ClFNO3/c1-7-2-3-10(15)11(4-7)19-12-5-8(13(17)18)9(14)6-16-12/h2-6H,1H3,(H,17,18). The molecule has 0 saturated heterocycles. The predicted octanol–water partition coefficient (Wildman–Crippen LogP) is 3.67. The number of nitrogens with zero attached hydrogens (tertiary/aromatic N) is 1. The molecule has 0 fully saturated rings. The molecular formula is C13H9ClFNO3. The summed E-state index contributed by atoms with van der Waals surface area (Å²) in [6.07, 6.45) is 1.15. The third kappa shape index (κ3) is 3.00. The van der Waals surface area contributed by atoms with Gasteiger partial charge < -0.3 is 9.84 Å². The van der Waals surface area contributed by atoms with Crippen LogP contribution in [-0.2, 0) is 0 Å². The molecule has 0 aliphatic rings. The minimum Gasteiger partial charge on any atom is -0.478 e. The van der Waals surface area contributed by atoms with Crippen LogP contribution in [0, 0.1) is 12.7 Å². The summed E-state index contributed by atoms with van der Waals surface area (Å²) in [5.41, 5.74) is 0.656. The first-order valence-electron chi connectivity index (χ1n) is 5.30. The van der Waals surface area contributed by atoms with Crippen molar-refractivity contribution in [2.45, 2.75) is 6.92 Å². The van der Waals surface area contributed by atoms with E-state index in [0.717, 1.165) is 17.8 Å². The number of ether oxygens (including phenoxy) is 1. The fraction of sp³-hybridized carbons (Fsp3) is 0.0769. The van der Waals surface area contributed by atoms with E-state index < -0.39 is 11.8 Å². The number of halogens is 2. The molecule has 1 N–H and O–H groups in total. The Morgan fingerprint density at radius 3 is 2.84 bits per heavy atom. The highest BCUT2D eigenvalue weighted by Gasteiger charge is 2.13. The maximum Gasteiger partial charge on any atom is 0.337 e. The van der Waals surface area contributed by atoms with Gasteiger partial charge in [0.25, 0.3) is 0 Å². The van der Waals surface area contributed by atoms with Crippen LogP contribution in [-0.4, -0.2) is 16.1 Å². The van der Waals surface area contributed by atoms with Crippen molar-refractivity contribution in [2.24, 2.45) is 0 Å². The number of hydrogen-bond donors (Lipinski definition) is 1. The van der Waals surface area contributed by atoms with E-state index in [1.54, 1.807) is 13.0 Å². The second-order valence-electron chi connectivity index (χ2n) is 3.84. The Morgan fingerprint density at radius 1 is 1.42 bits per heavy atom. The molecule has 0 bridgehead atoms. The van der Waals surface area contributed by atoms with Crippen LogP contribution in [0.4, 0.5) is 4.39 Å². The Hall–Kier alpha value is -2.14. The molecule has 1 aromatic heterocycles. The van der Waals surface area contributed by atoms with E-state index in [0.29, 0.717) is 0 Å². The first-order chi connectivity index (χ1) is 8.97. The molecule has 0 spiro atoms. The third-order valence-corrected chi connectivity index (χ3v) is 2.66.